The van der Waals surface area contributed by atoms with Crippen LogP contribution in [0.25, 0.3) is 11.1 Å². The van der Waals surface area contributed by atoms with E-state index in [1.807, 2.05) is 18.2 Å². The molecule has 1 saturated carbocycles. The van der Waals surface area contributed by atoms with Crippen molar-refractivity contribution >= 4 is 5.97 Å². The second-order valence-electron chi connectivity index (χ2n) is 11.2. The zero-order valence-electron chi connectivity index (χ0n) is 21.9. The molecule has 1 aliphatic heterocycles. The van der Waals surface area contributed by atoms with Crippen LogP contribution in [0.1, 0.15) is 73.2 Å². The predicted octanol–water partition coefficient (Wildman–Crippen LogP) is 8.30. The molecule has 2 aliphatic rings. The van der Waals surface area contributed by atoms with E-state index in [-0.39, 0.29) is 11.9 Å². The van der Waals surface area contributed by atoms with E-state index < -0.39 is 23.6 Å². The first-order valence-electron chi connectivity index (χ1n) is 13.6. The molecule has 1 heterocycles. The number of hydrogen-bond donors (Lipinski definition) is 1. The monoisotopic (exact) mass is 539 g/mol. The number of nitrogens with zero attached hydrogens (tertiary/aromatic N) is 1. The first kappa shape index (κ1) is 27.4. The summed E-state index contributed by atoms with van der Waals surface area (Å²) < 4.78 is 53.9. The summed E-state index contributed by atoms with van der Waals surface area (Å²) in [6.45, 7) is 3.88. The number of halogens is 4. The molecule has 0 bridgehead atoms. The number of piperidine rings is 1. The Morgan fingerprint density at radius 2 is 1.54 bits per heavy atom. The Morgan fingerprint density at radius 3 is 2.10 bits per heavy atom. The lowest BCUT2D eigenvalue weighted by molar-refractivity contribution is -0.139. The van der Waals surface area contributed by atoms with Gasteiger partial charge in [0.15, 0.2) is 0 Å². The van der Waals surface area contributed by atoms with Gasteiger partial charge in [0.25, 0.3) is 0 Å². The summed E-state index contributed by atoms with van der Waals surface area (Å²) in [5, 5.41) is 10.0. The molecular formula is C32H33F4NO2. The molecule has 39 heavy (non-hydrogen) atoms. The maximum absolute atomic E-state index is 13.9. The fourth-order valence-electron chi connectivity index (χ4n) is 5.70. The molecule has 0 unspecified atom stereocenters. The van der Waals surface area contributed by atoms with Crippen molar-refractivity contribution in [3.05, 3.63) is 94.8 Å². The van der Waals surface area contributed by atoms with Crippen LogP contribution in [0, 0.1) is 17.7 Å². The number of carboxylic acid groups (broad SMARTS) is 1. The third-order valence-corrected chi connectivity index (χ3v) is 8.23. The Bertz CT molecular complexity index is 1290. The number of carbonyl (C=O) groups is 1. The summed E-state index contributed by atoms with van der Waals surface area (Å²) in [6.07, 6.45) is 0.151. The van der Waals surface area contributed by atoms with Gasteiger partial charge in [-0.05, 0) is 102 Å². The molecule has 3 nitrogen and oxygen atoms in total. The molecule has 5 rings (SSSR count). The molecule has 1 aliphatic carbocycles. The van der Waals surface area contributed by atoms with Gasteiger partial charge in [0.1, 0.15) is 5.82 Å². The van der Waals surface area contributed by atoms with Gasteiger partial charge in [-0.25, -0.2) is 4.39 Å². The van der Waals surface area contributed by atoms with Crippen molar-refractivity contribution in [3.8, 4) is 11.1 Å². The Hall–Kier alpha value is -3.19. The van der Waals surface area contributed by atoms with E-state index in [9.17, 15) is 27.5 Å². The molecule has 3 aromatic rings. The normalized spacial score (nSPS) is 18.6. The number of likely N-dealkylation sites (tertiary alicyclic amines) is 1. The van der Waals surface area contributed by atoms with Crippen LogP contribution in [0.2, 0.25) is 0 Å². The Kier molecular flexibility index (Phi) is 7.81. The van der Waals surface area contributed by atoms with Gasteiger partial charge in [0.05, 0.1) is 17.5 Å². The minimum Gasteiger partial charge on any atom is -0.481 e. The molecular weight excluding hydrogens is 506 g/mol. The first-order chi connectivity index (χ1) is 18.6. The number of aliphatic carboxylic acids is 1. The predicted molar refractivity (Wildman–Crippen MR) is 143 cm³/mol. The molecule has 0 aromatic heterocycles. The minimum absolute atomic E-state index is 0.254. The van der Waals surface area contributed by atoms with E-state index in [2.05, 4.69) is 11.8 Å². The second-order valence-corrected chi connectivity index (χ2v) is 11.2. The lowest BCUT2D eigenvalue weighted by atomic mass is 9.84. The molecule has 1 N–H and O–H groups in total. The Labute approximate surface area is 226 Å². The number of hydrogen-bond acceptors (Lipinski definition) is 2. The molecule has 2 fully saturated rings. The fraction of sp³-hybridized carbons (Fsp3) is 0.406. The summed E-state index contributed by atoms with van der Waals surface area (Å²) >= 11 is 0. The van der Waals surface area contributed by atoms with Gasteiger partial charge < -0.3 is 5.11 Å². The lowest BCUT2D eigenvalue weighted by Gasteiger charge is -2.38. The number of rotatable bonds is 8. The molecule has 3 aromatic carbocycles. The van der Waals surface area contributed by atoms with Crippen LogP contribution in [0.5, 0.6) is 0 Å². The van der Waals surface area contributed by atoms with Gasteiger partial charge in [-0.2, -0.15) is 13.2 Å². The largest absolute Gasteiger partial charge is 0.481 e. The maximum atomic E-state index is 13.9. The first-order valence-corrected chi connectivity index (χ1v) is 13.6. The van der Waals surface area contributed by atoms with E-state index >= 15 is 0 Å². The SMILES string of the molecule is CC1CCN([C@@H](c2ccc(F)cc2)c2ccc([C@@H](CC3CC3)C(=O)O)cc2-c2ccc(C(F)(F)F)cc2)CC1. The zero-order chi connectivity index (χ0) is 27.7. The van der Waals surface area contributed by atoms with Crippen molar-refractivity contribution in [2.24, 2.45) is 11.8 Å². The Balaban J connectivity index is 1.65. The van der Waals surface area contributed by atoms with Crippen LogP contribution in [-0.2, 0) is 11.0 Å². The molecule has 2 atom stereocenters. The average Bonchev–Trinajstić information content (AvgIpc) is 3.74. The molecule has 0 radical (unpaired) electrons. The van der Waals surface area contributed by atoms with Gasteiger partial charge >= 0.3 is 12.1 Å². The van der Waals surface area contributed by atoms with Gasteiger partial charge in [-0.3, -0.25) is 9.69 Å². The minimum atomic E-state index is -4.46. The summed E-state index contributed by atoms with van der Waals surface area (Å²) in [5.74, 6) is -0.936. The molecule has 0 spiro atoms. The number of alkyl halides is 3. The van der Waals surface area contributed by atoms with Gasteiger partial charge in [0.2, 0.25) is 0 Å². The summed E-state index contributed by atoms with van der Waals surface area (Å²) in [4.78, 5) is 14.6. The van der Waals surface area contributed by atoms with Gasteiger partial charge in [0, 0.05) is 0 Å². The number of benzene rings is 3. The summed E-state index contributed by atoms with van der Waals surface area (Å²) in [5.41, 5.74) is 2.97. The van der Waals surface area contributed by atoms with E-state index in [0.29, 0.717) is 34.9 Å². The average molecular weight is 540 g/mol. The lowest BCUT2D eigenvalue weighted by Crippen LogP contribution is -2.37. The number of carboxylic acids is 1. The van der Waals surface area contributed by atoms with Crippen molar-refractivity contribution in [2.45, 2.75) is 57.2 Å². The fourth-order valence-corrected chi connectivity index (χ4v) is 5.70. The second kappa shape index (κ2) is 11.1. The van der Waals surface area contributed by atoms with Crippen molar-refractivity contribution < 1.29 is 27.5 Å². The van der Waals surface area contributed by atoms with Crippen LogP contribution in [-0.4, -0.2) is 29.1 Å². The summed E-state index contributed by atoms with van der Waals surface area (Å²) in [6, 6.07) is 16.8. The van der Waals surface area contributed by atoms with Crippen LogP contribution in [0.15, 0.2) is 66.7 Å². The van der Waals surface area contributed by atoms with Gasteiger partial charge in [-0.1, -0.05) is 56.2 Å². The highest BCUT2D eigenvalue weighted by Crippen LogP contribution is 2.43. The topological polar surface area (TPSA) is 40.5 Å². The van der Waals surface area contributed by atoms with Crippen LogP contribution < -0.4 is 0 Å². The zero-order valence-corrected chi connectivity index (χ0v) is 21.9. The smallest absolute Gasteiger partial charge is 0.416 e. The van der Waals surface area contributed by atoms with E-state index in [0.717, 1.165) is 62.0 Å². The van der Waals surface area contributed by atoms with Gasteiger partial charge in [-0.15, -0.1) is 0 Å². The molecule has 7 heteroatoms. The van der Waals surface area contributed by atoms with E-state index in [4.69, 9.17) is 0 Å². The molecule has 1 saturated heterocycles. The standard InChI is InChI=1S/C32H33F4NO2/c1-20-14-16-37(17-15-20)30(23-6-11-26(33)12-7-23)27-13-8-24(29(31(38)39)18-21-2-3-21)19-28(27)22-4-9-25(10-5-22)32(34,35)36/h4-13,19-21,29-30H,2-3,14-18H2,1H3,(H,38,39)/t29-,30+/m1/s1. The third-order valence-electron chi connectivity index (χ3n) is 8.23. The highest BCUT2D eigenvalue weighted by atomic mass is 19.4. The van der Waals surface area contributed by atoms with Crippen molar-refractivity contribution in [1.82, 2.24) is 4.90 Å². The van der Waals surface area contributed by atoms with Crippen LogP contribution >= 0.6 is 0 Å². The Morgan fingerprint density at radius 1 is 0.923 bits per heavy atom. The van der Waals surface area contributed by atoms with Crippen molar-refractivity contribution in [3.63, 3.8) is 0 Å². The summed E-state index contributed by atoms with van der Waals surface area (Å²) in [7, 11) is 0. The van der Waals surface area contributed by atoms with E-state index in [1.165, 1.54) is 24.3 Å². The molecule has 0 amide bonds. The molecule has 206 valence electrons. The van der Waals surface area contributed by atoms with Crippen LogP contribution in [0.4, 0.5) is 17.6 Å². The highest BCUT2D eigenvalue weighted by molar-refractivity contribution is 5.78. The van der Waals surface area contributed by atoms with Crippen molar-refractivity contribution in [1.29, 1.82) is 0 Å². The maximum Gasteiger partial charge on any atom is 0.416 e. The third kappa shape index (κ3) is 6.35. The van der Waals surface area contributed by atoms with Crippen LogP contribution in [0.3, 0.4) is 0 Å². The van der Waals surface area contributed by atoms with E-state index in [1.54, 1.807) is 12.1 Å². The highest BCUT2D eigenvalue weighted by Gasteiger charge is 2.33. The quantitative estimate of drug-likeness (QED) is 0.293. The van der Waals surface area contributed by atoms with Crippen molar-refractivity contribution in [2.75, 3.05) is 13.1 Å².